The number of rotatable bonds is 8. The van der Waals surface area contributed by atoms with E-state index >= 15 is 0 Å². The number of hydrogen-bond acceptors (Lipinski definition) is 4. The summed E-state index contributed by atoms with van der Waals surface area (Å²) in [5, 5.41) is 0. The maximum absolute atomic E-state index is 14.0. The van der Waals surface area contributed by atoms with Crippen LogP contribution >= 0.6 is 0 Å². The average Bonchev–Trinajstić information content (AvgIpc) is 2.66. The van der Waals surface area contributed by atoms with Crippen LogP contribution in [0.25, 0.3) is 0 Å². The summed E-state index contributed by atoms with van der Waals surface area (Å²) in [6.45, 7) is 3.67. The van der Waals surface area contributed by atoms with Crippen LogP contribution in [0.2, 0.25) is 0 Å². The van der Waals surface area contributed by atoms with Gasteiger partial charge in [-0.25, -0.2) is 17.5 Å². The molecule has 0 aliphatic heterocycles. The minimum absolute atomic E-state index is 0.0443. The van der Waals surface area contributed by atoms with Gasteiger partial charge in [0.05, 0.1) is 7.11 Å². The van der Waals surface area contributed by atoms with Gasteiger partial charge < -0.3 is 9.64 Å². The van der Waals surface area contributed by atoms with Crippen molar-refractivity contribution < 1.29 is 22.3 Å². The molecule has 27 heavy (non-hydrogen) atoms. The Kier molecular flexibility index (Phi) is 6.70. The molecule has 0 bridgehead atoms. The van der Waals surface area contributed by atoms with Gasteiger partial charge in [-0.15, -0.1) is 6.58 Å². The van der Waals surface area contributed by atoms with Gasteiger partial charge in [0, 0.05) is 25.7 Å². The molecule has 0 aliphatic rings. The van der Waals surface area contributed by atoms with E-state index in [9.17, 15) is 17.6 Å². The Morgan fingerprint density at radius 1 is 1.26 bits per heavy atom. The van der Waals surface area contributed by atoms with Crippen LogP contribution in [0.5, 0.6) is 5.75 Å². The van der Waals surface area contributed by atoms with Crippen molar-refractivity contribution in [1.82, 2.24) is 9.62 Å². The van der Waals surface area contributed by atoms with E-state index in [4.69, 9.17) is 4.74 Å². The molecule has 0 unspecified atom stereocenters. The van der Waals surface area contributed by atoms with E-state index in [0.717, 1.165) is 17.7 Å². The van der Waals surface area contributed by atoms with Gasteiger partial charge in [0.1, 0.15) is 16.5 Å². The average molecular weight is 392 g/mol. The van der Waals surface area contributed by atoms with Crippen molar-refractivity contribution in [2.45, 2.75) is 11.4 Å². The maximum Gasteiger partial charge on any atom is 0.253 e. The molecule has 0 spiro atoms. The van der Waals surface area contributed by atoms with E-state index in [-0.39, 0.29) is 12.1 Å². The molecule has 0 aromatic heterocycles. The first-order chi connectivity index (χ1) is 12.8. The second kappa shape index (κ2) is 8.79. The van der Waals surface area contributed by atoms with E-state index in [0.29, 0.717) is 12.3 Å². The third-order valence-corrected chi connectivity index (χ3v) is 5.25. The standard InChI is InChI=1S/C19H21FN2O4S/c1-4-11-21-27(24,25)18-12-15(7-10-17(18)20)19(23)22(2)13-14-5-8-16(26-3)9-6-14/h4-10,12,21H,1,11,13H2,2-3H3. The topological polar surface area (TPSA) is 75.7 Å². The van der Waals surface area contributed by atoms with Gasteiger partial charge in [-0.3, -0.25) is 4.79 Å². The number of hydrogen-bond donors (Lipinski definition) is 1. The van der Waals surface area contributed by atoms with E-state index in [1.807, 2.05) is 12.1 Å². The number of nitrogens with one attached hydrogen (secondary N) is 1. The van der Waals surface area contributed by atoms with E-state index in [1.54, 1.807) is 26.3 Å². The molecular weight excluding hydrogens is 371 g/mol. The first kappa shape index (κ1) is 20.6. The molecule has 0 saturated carbocycles. The summed E-state index contributed by atoms with van der Waals surface area (Å²) >= 11 is 0. The monoisotopic (exact) mass is 392 g/mol. The zero-order chi connectivity index (χ0) is 20.0. The van der Waals surface area contributed by atoms with Crippen LogP contribution in [0.4, 0.5) is 4.39 Å². The third kappa shape index (κ3) is 5.15. The molecule has 2 aromatic carbocycles. The zero-order valence-corrected chi connectivity index (χ0v) is 15.9. The van der Waals surface area contributed by atoms with E-state index in [1.165, 1.54) is 17.0 Å². The molecule has 6 nitrogen and oxygen atoms in total. The van der Waals surface area contributed by atoms with E-state index < -0.39 is 26.6 Å². The molecule has 0 fully saturated rings. The van der Waals surface area contributed by atoms with Crippen molar-refractivity contribution in [3.05, 3.63) is 72.1 Å². The normalized spacial score (nSPS) is 11.1. The molecule has 1 N–H and O–H groups in total. The maximum atomic E-state index is 14.0. The highest BCUT2D eigenvalue weighted by Gasteiger charge is 2.22. The van der Waals surface area contributed by atoms with Gasteiger partial charge in [0.25, 0.3) is 5.91 Å². The molecule has 1 amide bonds. The van der Waals surface area contributed by atoms with Gasteiger partial charge in [0.15, 0.2) is 0 Å². The highest BCUT2D eigenvalue weighted by atomic mass is 32.2. The number of methoxy groups -OCH3 is 1. The summed E-state index contributed by atoms with van der Waals surface area (Å²) in [7, 11) is -0.935. The van der Waals surface area contributed by atoms with Gasteiger partial charge in [0.2, 0.25) is 10.0 Å². The second-order valence-corrected chi connectivity index (χ2v) is 7.53. The minimum atomic E-state index is -4.08. The van der Waals surface area contributed by atoms with Gasteiger partial charge >= 0.3 is 0 Å². The fourth-order valence-electron chi connectivity index (χ4n) is 2.39. The Balaban J connectivity index is 2.22. The molecule has 0 aliphatic carbocycles. The highest BCUT2D eigenvalue weighted by Crippen LogP contribution is 2.19. The fourth-order valence-corrected chi connectivity index (χ4v) is 3.49. The molecule has 0 radical (unpaired) electrons. The summed E-state index contributed by atoms with van der Waals surface area (Å²) in [5.41, 5.74) is 0.945. The number of carbonyl (C=O) groups is 1. The second-order valence-electron chi connectivity index (χ2n) is 5.80. The largest absolute Gasteiger partial charge is 0.497 e. The van der Waals surface area contributed by atoms with Crippen LogP contribution in [-0.4, -0.2) is 39.9 Å². The Morgan fingerprint density at radius 2 is 1.93 bits per heavy atom. The lowest BCUT2D eigenvalue weighted by molar-refractivity contribution is 0.0784. The summed E-state index contributed by atoms with van der Waals surface area (Å²) in [6.07, 6.45) is 1.34. The lowest BCUT2D eigenvalue weighted by Crippen LogP contribution is -2.28. The van der Waals surface area contributed by atoms with Gasteiger partial charge in [-0.1, -0.05) is 18.2 Å². The number of halogens is 1. The lowest BCUT2D eigenvalue weighted by Gasteiger charge is -2.18. The van der Waals surface area contributed by atoms with Crippen molar-refractivity contribution >= 4 is 15.9 Å². The van der Waals surface area contributed by atoms with Crippen LogP contribution in [0, 0.1) is 5.82 Å². The zero-order valence-electron chi connectivity index (χ0n) is 15.1. The predicted octanol–water partition coefficient (Wildman–Crippen LogP) is 2.57. The number of sulfonamides is 1. The lowest BCUT2D eigenvalue weighted by atomic mass is 10.1. The summed E-state index contributed by atoms with van der Waals surface area (Å²) in [4.78, 5) is 13.5. The van der Waals surface area contributed by atoms with Crippen molar-refractivity contribution in [3.63, 3.8) is 0 Å². The molecular formula is C19H21FN2O4S. The number of ether oxygens (including phenoxy) is 1. The van der Waals surface area contributed by atoms with Crippen LogP contribution in [0.15, 0.2) is 60.0 Å². The number of nitrogens with zero attached hydrogens (tertiary/aromatic N) is 1. The molecule has 0 atom stereocenters. The Bertz CT molecular complexity index is 927. The number of amides is 1. The quantitative estimate of drug-likeness (QED) is 0.701. The van der Waals surface area contributed by atoms with Crippen LogP contribution in [-0.2, 0) is 16.6 Å². The van der Waals surface area contributed by atoms with Gasteiger partial charge in [-0.2, -0.15) is 0 Å². The number of benzene rings is 2. The molecule has 0 saturated heterocycles. The van der Waals surface area contributed by atoms with Crippen LogP contribution in [0.1, 0.15) is 15.9 Å². The molecule has 2 aromatic rings. The van der Waals surface area contributed by atoms with Crippen molar-refractivity contribution in [1.29, 1.82) is 0 Å². The Morgan fingerprint density at radius 3 is 2.52 bits per heavy atom. The summed E-state index contributed by atoms with van der Waals surface area (Å²) in [6, 6.07) is 10.5. The Hall–Kier alpha value is -2.71. The highest BCUT2D eigenvalue weighted by molar-refractivity contribution is 7.89. The van der Waals surface area contributed by atoms with Crippen molar-refractivity contribution in [2.75, 3.05) is 20.7 Å². The first-order valence-corrected chi connectivity index (χ1v) is 9.55. The fraction of sp³-hybridized carbons (Fsp3) is 0.211. The SMILES string of the molecule is C=CCNS(=O)(=O)c1cc(C(=O)N(C)Cc2ccc(OC)cc2)ccc1F. The molecule has 2 rings (SSSR count). The van der Waals surface area contributed by atoms with Crippen molar-refractivity contribution in [3.8, 4) is 5.75 Å². The van der Waals surface area contributed by atoms with Crippen LogP contribution in [0.3, 0.4) is 0 Å². The summed E-state index contributed by atoms with van der Waals surface area (Å²) < 4.78 is 45.6. The molecule has 8 heteroatoms. The third-order valence-electron chi connectivity index (χ3n) is 3.81. The smallest absolute Gasteiger partial charge is 0.253 e. The van der Waals surface area contributed by atoms with Crippen LogP contribution < -0.4 is 9.46 Å². The molecule has 0 heterocycles. The minimum Gasteiger partial charge on any atom is -0.497 e. The molecule has 144 valence electrons. The van der Waals surface area contributed by atoms with E-state index in [2.05, 4.69) is 11.3 Å². The predicted molar refractivity (Wildman–Crippen MR) is 101 cm³/mol. The summed E-state index contributed by atoms with van der Waals surface area (Å²) in [5.74, 6) is -0.653. The first-order valence-electron chi connectivity index (χ1n) is 8.07. The van der Waals surface area contributed by atoms with Gasteiger partial charge in [-0.05, 0) is 35.9 Å². The Labute approximate surface area is 158 Å². The number of carbonyl (C=O) groups excluding carboxylic acids is 1. The van der Waals surface area contributed by atoms with Crippen molar-refractivity contribution in [2.24, 2.45) is 0 Å².